The van der Waals surface area contributed by atoms with E-state index in [9.17, 15) is 4.79 Å². The van der Waals surface area contributed by atoms with Gasteiger partial charge in [-0.05, 0) is 64.9 Å². The second-order valence-corrected chi connectivity index (χ2v) is 6.22. The molecule has 21 heavy (non-hydrogen) atoms. The zero-order valence-electron chi connectivity index (χ0n) is 11.7. The predicted molar refractivity (Wildman–Crippen MR) is 81.8 cm³/mol. The third-order valence-electron chi connectivity index (χ3n) is 3.82. The Bertz CT molecular complexity index is 655. The lowest BCUT2D eigenvalue weighted by atomic mass is 9.90. The van der Waals surface area contributed by atoms with Crippen LogP contribution in [0.25, 0.3) is 0 Å². The third kappa shape index (κ3) is 4.01. The molecule has 110 valence electrons. The van der Waals surface area contributed by atoms with Crippen LogP contribution < -0.4 is 21.5 Å². The van der Waals surface area contributed by atoms with Gasteiger partial charge in [0.1, 0.15) is 0 Å². The fraction of sp³-hybridized carbons (Fsp3) is 0.294. The summed E-state index contributed by atoms with van der Waals surface area (Å²) >= 11 is 3.43. The molecule has 0 unspecified atom stereocenters. The van der Waals surface area contributed by atoms with Gasteiger partial charge in [-0.1, -0.05) is 12.1 Å². The molecule has 0 fully saturated rings. The van der Waals surface area contributed by atoms with Crippen molar-refractivity contribution in [1.29, 1.82) is 0 Å². The Morgan fingerprint density at radius 3 is 2.67 bits per heavy atom. The van der Waals surface area contributed by atoms with E-state index in [0.717, 1.165) is 22.9 Å². The Morgan fingerprint density at radius 1 is 1.14 bits per heavy atom. The van der Waals surface area contributed by atoms with Crippen molar-refractivity contribution in [1.82, 2.24) is 0 Å². The van der Waals surface area contributed by atoms with E-state index in [1.807, 2.05) is 35.2 Å². The van der Waals surface area contributed by atoms with Crippen LogP contribution in [0.15, 0.2) is 47.2 Å². The number of pyridine rings is 1. The van der Waals surface area contributed by atoms with Gasteiger partial charge >= 0.3 is 0 Å². The lowest BCUT2D eigenvalue weighted by molar-refractivity contribution is -0.683. The molecule has 1 heterocycles. The number of ketones is 1. The maximum atomic E-state index is 12.4. The minimum absolute atomic E-state index is 0. The highest BCUT2D eigenvalue weighted by molar-refractivity contribution is 9.10. The molecule has 1 aromatic carbocycles. The highest BCUT2D eigenvalue weighted by atomic mass is 79.9. The van der Waals surface area contributed by atoms with Crippen molar-refractivity contribution < 1.29 is 26.3 Å². The fourth-order valence-corrected chi connectivity index (χ4v) is 3.17. The van der Waals surface area contributed by atoms with Crippen LogP contribution in [-0.4, -0.2) is 5.78 Å². The first-order chi connectivity index (χ1) is 9.72. The van der Waals surface area contributed by atoms with Gasteiger partial charge in [0.2, 0.25) is 12.3 Å². The van der Waals surface area contributed by atoms with E-state index in [0.29, 0.717) is 6.54 Å². The molecule has 0 amide bonds. The zero-order chi connectivity index (χ0) is 13.9. The van der Waals surface area contributed by atoms with Crippen LogP contribution in [0, 0.1) is 0 Å². The number of aromatic nitrogens is 1. The smallest absolute Gasteiger partial charge is 0.227 e. The van der Waals surface area contributed by atoms with E-state index in [2.05, 4.69) is 28.1 Å². The Balaban J connectivity index is 0.00000161. The average molecular weight is 411 g/mol. The monoisotopic (exact) mass is 409 g/mol. The van der Waals surface area contributed by atoms with Crippen molar-refractivity contribution in [3.05, 3.63) is 63.9 Å². The van der Waals surface area contributed by atoms with E-state index in [4.69, 9.17) is 0 Å². The molecule has 1 aliphatic carbocycles. The highest BCUT2D eigenvalue weighted by Gasteiger charge is 2.15. The number of nitrogens with zero attached hydrogens (tertiary/aromatic N) is 1. The SMILES string of the molecule is O=C(C[n+]1cccc(Br)c1)c1ccc2c(c1)CCCC2.[Br-]. The molecule has 2 aromatic rings. The van der Waals surface area contributed by atoms with Crippen molar-refractivity contribution in [3.63, 3.8) is 0 Å². The van der Waals surface area contributed by atoms with Crippen LogP contribution in [-0.2, 0) is 19.4 Å². The molecule has 0 aliphatic heterocycles. The largest absolute Gasteiger partial charge is 1.00 e. The summed E-state index contributed by atoms with van der Waals surface area (Å²) in [7, 11) is 0. The highest BCUT2D eigenvalue weighted by Crippen LogP contribution is 2.22. The second kappa shape index (κ2) is 7.32. The van der Waals surface area contributed by atoms with Crippen molar-refractivity contribution in [2.24, 2.45) is 0 Å². The number of fused-ring (bicyclic) bond motifs is 1. The first-order valence-electron chi connectivity index (χ1n) is 7.02. The van der Waals surface area contributed by atoms with Crippen LogP contribution in [0.2, 0.25) is 0 Å². The van der Waals surface area contributed by atoms with E-state index >= 15 is 0 Å². The molecule has 0 saturated carbocycles. The quantitative estimate of drug-likeness (QED) is 0.533. The second-order valence-electron chi connectivity index (χ2n) is 5.31. The molecule has 3 rings (SSSR count). The fourth-order valence-electron chi connectivity index (χ4n) is 2.75. The van der Waals surface area contributed by atoms with Gasteiger partial charge in [0.15, 0.2) is 12.4 Å². The lowest BCUT2D eigenvalue weighted by Crippen LogP contribution is -3.00. The van der Waals surface area contributed by atoms with Crippen LogP contribution in [0.3, 0.4) is 0 Å². The number of halogens is 2. The molecule has 1 aromatic heterocycles. The minimum atomic E-state index is 0. The first-order valence-corrected chi connectivity index (χ1v) is 7.81. The zero-order valence-corrected chi connectivity index (χ0v) is 14.9. The summed E-state index contributed by atoms with van der Waals surface area (Å²) in [5.41, 5.74) is 3.61. The molecule has 0 N–H and O–H groups in total. The van der Waals surface area contributed by atoms with Gasteiger partial charge in [0.25, 0.3) is 0 Å². The number of rotatable bonds is 3. The predicted octanol–water partition coefficient (Wildman–Crippen LogP) is 0.502. The van der Waals surface area contributed by atoms with E-state index in [1.165, 1.54) is 24.0 Å². The van der Waals surface area contributed by atoms with Crippen LogP contribution in [0.4, 0.5) is 0 Å². The number of carbonyl (C=O) groups is 1. The first kappa shape index (κ1) is 16.4. The van der Waals surface area contributed by atoms with Crippen LogP contribution in [0.5, 0.6) is 0 Å². The number of benzene rings is 1. The summed E-state index contributed by atoms with van der Waals surface area (Å²) in [6, 6.07) is 10.1. The standard InChI is InChI=1S/C17H17BrNO.BrH/c18-16-6-3-9-19(11-16)12-17(20)15-8-7-13-4-1-2-5-14(13)10-15;/h3,6-11H,1-2,4-5,12H2;1H/q+1;/p-1. The molecule has 0 spiro atoms. The normalized spacial score (nSPS) is 13.2. The third-order valence-corrected chi connectivity index (χ3v) is 4.29. The Labute approximate surface area is 144 Å². The summed E-state index contributed by atoms with van der Waals surface area (Å²) in [5, 5.41) is 0. The summed E-state index contributed by atoms with van der Waals surface area (Å²) in [6.45, 7) is 0.387. The number of aryl methyl sites for hydroxylation is 2. The maximum absolute atomic E-state index is 12.4. The molecule has 2 nitrogen and oxygen atoms in total. The van der Waals surface area contributed by atoms with Crippen molar-refractivity contribution in [3.8, 4) is 0 Å². The van der Waals surface area contributed by atoms with Crippen LogP contribution >= 0.6 is 15.9 Å². The average Bonchev–Trinajstić information content (AvgIpc) is 2.47. The topological polar surface area (TPSA) is 20.9 Å². The Hall–Kier alpha value is -1.00. The van der Waals surface area contributed by atoms with Gasteiger partial charge in [0.05, 0.1) is 4.47 Å². The summed E-state index contributed by atoms with van der Waals surface area (Å²) in [4.78, 5) is 12.4. The van der Waals surface area contributed by atoms with E-state index in [1.54, 1.807) is 0 Å². The Kier molecular flexibility index (Phi) is 5.71. The van der Waals surface area contributed by atoms with E-state index < -0.39 is 0 Å². The van der Waals surface area contributed by atoms with Crippen molar-refractivity contribution in [2.75, 3.05) is 0 Å². The molecule has 0 saturated heterocycles. The summed E-state index contributed by atoms with van der Waals surface area (Å²) in [5.74, 6) is 0.168. The van der Waals surface area contributed by atoms with Gasteiger partial charge in [-0.25, -0.2) is 0 Å². The van der Waals surface area contributed by atoms with Gasteiger partial charge in [-0.3, -0.25) is 4.79 Å². The van der Waals surface area contributed by atoms with Gasteiger partial charge < -0.3 is 17.0 Å². The molecular weight excluding hydrogens is 394 g/mol. The van der Waals surface area contributed by atoms with Crippen molar-refractivity contribution >= 4 is 21.7 Å². The molecule has 4 heteroatoms. The van der Waals surface area contributed by atoms with E-state index in [-0.39, 0.29) is 22.8 Å². The number of hydrogen-bond donors (Lipinski definition) is 0. The van der Waals surface area contributed by atoms with Gasteiger partial charge in [-0.15, -0.1) is 0 Å². The molecule has 0 bridgehead atoms. The minimum Gasteiger partial charge on any atom is -1.00 e. The Morgan fingerprint density at radius 2 is 1.90 bits per heavy atom. The molecular formula is C17H17Br2NO. The van der Waals surface area contributed by atoms with Crippen molar-refractivity contribution in [2.45, 2.75) is 32.2 Å². The molecule has 0 radical (unpaired) electrons. The lowest BCUT2D eigenvalue weighted by Gasteiger charge is -2.15. The molecule has 0 atom stereocenters. The summed E-state index contributed by atoms with van der Waals surface area (Å²) in [6.07, 6.45) is 8.63. The number of carbonyl (C=O) groups excluding carboxylic acids is 1. The van der Waals surface area contributed by atoms with Gasteiger partial charge in [-0.2, -0.15) is 4.57 Å². The maximum Gasteiger partial charge on any atom is 0.227 e. The summed E-state index contributed by atoms with van der Waals surface area (Å²) < 4.78 is 2.89. The molecule has 1 aliphatic rings. The van der Waals surface area contributed by atoms with Crippen LogP contribution in [0.1, 0.15) is 34.3 Å². The number of hydrogen-bond acceptors (Lipinski definition) is 1. The van der Waals surface area contributed by atoms with Gasteiger partial charge in [0, 0.05) is 11.6 Å². The number of Topliss-reactive ketones (excluding diaryl/α,β-unsaturated/α-hetero) is 1.